The van der Waals surface area contributed by atoms with Gasteiger partial charge in [-0.1, -0.05) is 0 Å². The molecule has 0 amide bonds. The second-order valence-corrected chi connectivity index (χ2v) is 3.10. The van der Waals surface area contributed by atoms with Crippen molar-refractivity contribution in [1.29, 1.82) is 0 Å². The monoisotopic (exact) mass is 242 g/mol. The number of nitrogens with zero attached hydrogens (tertiary/aromatic N) is 2. The number of imidazole rings is 1. The van der Waals surface area contributed by atoms with Crippen LogP contribution in [0.1, 0.15) is 12.8 Å². The molecule has 1 aromatic rings. The summed E-state index contributed by atoms with van der Waals surface area (Å²) < 4.78 is 10.7. The fraction of sp³-hybridized carbons (Fsp3) is 0.500. The molecule has 17 heavy (non-hydrogen) atoms. The van der Waals surface area contributed by atoms with Gasteiger partial charge in [-0.15, -0.1) is 0 Å². The predicted octanol–water partition coefficient (Wildman–Crippen LogP) is -0.192. The molecule has 0 bridgehead atoms. The van der Waals surface area contributed by atoms with E-state index in [1.165, 1.54) is 30.6 Å². The zero-order valence-electron chi connectivity index (χ0n) is 9.50. The van der Waals surface area contributed by atoms with Crippen molar-refractivity contribution < 1.29 is 23.9 Å². The van der Waals surface area contributed by atoms with E-state index in [9.17, 15) is 9.59 Å². The lowest BCUT2D eigenvalue weighted by molar-refractivity contribution is -0.151. The summed E-state index contributed by atoms with van der Waals surface area (Å²) in [7, 11) is 1.51. The van der Waals surface area contributed by atoms with E-state index >= 15 is 0 Å². The summed E-state index contributed by atoms with van der Waals surface area (Å²) in [5, 5.41) is 0. The Morgan fingerprint density at radius 1 is 1.24 bits per heavy atom. The number of esters is 1. The number of rotatable bonds is 7. The van der Waals surface area contributed by atoms with Gasteiger partial charge in [-0.25, -0.2) is 9.78 Å². The van der Waals surface area contributed by atoms with Crippen molar-refractivity contribution in [3.8, 4) is 0 Å². The minimum atomic E-state index is -0.522. The average molecular weight is 242 g/mol. The first kappa shape index (κ1) is 13.2. The van der Waals surface area contributed by atoms with Crippen LogP contribution in [0.2, 0.25) is 0 Å². The maximum atomic E-state index is 11.2. The van der Waals surface area contributed by atoms with Gasteiger partial charge in [-0.05, 0) is 0 Å². The Kier molecular flexibility index (Phi) is 5.73. The topological polar surface area (TPSA) is 79.6 Å². The maximum Gasteiger partial charge on any atom is 0.333 e. The van der Waals surface area contributed by atoms with Gasteiger partial charge in [0.15, 0.2) is 0 Å². The van der Waals surface area contributed by atoms with E-state index in [4.69, 9.17) is 14.3 Å². The summed E-state index contributed by atoms with van der Waals surface area (Å²) in [5.74, 6) is -0.976. The first-order valence-electron chi connectivity index (χ1n) is 5.06. The molecule has 0 unspecified atom stereocenters. The SMILES string of the molecule is COCCOC(=O)CCC(=O)On1ccnc1. The fourth-order valence-corrected chi connectivity index (χ4v) is 0.979. The summed E-state index contributed by atoms with van der Waals surface area (Å²) >= 11 is 0. The van der Waals surface area contributed by atoms with Gasteiger partial charge in [0, 0.05) is 13.3 Å². The van der Waals surface area contributed by atoms with Crippen LogP contribution in [0.15, 0.2) is 18.7 Å². The van der Waals surface area contributed by atoms with Crippen molar-refractivity contribution in [3.05, 3.63) is 18.7 Å². The average Bonchev–Trinajstić information content (AvgIpc) is 2.79. The zero-order valence-corrected chi connectivity index (χ0v) is 9.50. The Balaban J connectivity index is 2.13. The Bertz CT molecular complexity index is 350. The molecule has 7 heteroatoms. The van der Waals surface area contributed by atoms with Crippen LogP contribution >= 0.6 is 0 Å². The fourth-order valence-electron chi connectivity index (χ4n) is 0.979. The highest BCUT2D eigenvalue weighted by Gasteiger charge is 2.09. The molecule has 1 rings (SSSR count). The number of hydrogen-bond donors (Lipinski definition) is 0. The molecule has 0 aliphatic rings. The van der Waals surface area contributed by atoms with E-state index in [1.54, 1.807) is 0 Å². The molecule has 0 saturated carbocycles. The lowest BCUT2D eigenvalue weighted by Crippen LogP contribution is -2.20. The van der Waals surface area contributed by atoms with Crippen LogP contribution in [0.25, 0.3) is 0 Å². The standard InChI is InChI=1S/C10H14N2O5/c1-15-6-7-16-9(13)2-3-10(14)17-12-5-4-11-8-12/h4-5,8H,2-3,6-7H2,1H3. The largest absolute Gasteiger partial charge is 0.463 e. The van der Waals surface area contributed by atoms with Crippen molar-refractivity contribution in [1.82, 2.24) is 9.71 Å². The van der Waals surface area contributed by atoms with E-state index in [-0.39, 0.29) is 19.4 Å². The van der Waals surface area contributed by atoms with Crippen molar-refractivity contribution >= 4 is 11.9 Å². The molecule has 1 heterocycles. The number of methoxy groups -OCH3 is 1. The molecule has 0 saturated heterocycles. The van der Waals surface area contributed by atoms with Crippen LogP contribution in [0.5, 0.6) is 0 Å². The number of carbonyl (C=O) groups is 2. The zero-order chi connectivity index (χ0) is 12.5. The van der Waals surface area contributed by atoms with E-state index in [2.05, 4.69) is 4.98 Å². The molecule has 0 aromatic carbocycles. The van der Waals surface area contributed by atoms with Crippen LogP contribution in [-0.2, 0) is 19.1 Å². The van der Waals surface area contributed by atoms with Crippen LogP contribution in [0.4, 0.5) is 0 Å². The van der Waals surface area contributed by atoms with Gasteiger partial charge in [0.25, 0.3) is 0 Å². The Morgan fingerprint density at radius 2 is 2.00 bits per heavy atom. The van der Waals surface area contributed by atoms with Gasteiger partial charge in [-0.2, -0.15) is 4.73 Å². The molecular weight excluding hydrogens is 228 g/mol. The quantitative estimate of drug-likeness (QED) is 0.487. The third-order valence-electron chi connectivity index (χ3n) is 1.77. The van der Waals surface area contributed by atoms with E-state index in [0.717, 1.165) is 0 Å². The molecule has 0 atom stereocenters. The highest BCUT2D eigenvalue weighted by molar-refractivity contribution is 5.77. The summed E-state index contributed by atoms with van der Waals surface area (Å²) in [6.45, 7) is 0.525. The lowest BCUT2D eigenvalue weighted by Gasteiger charge is -2.04. The Hall–Kier alpha value is -1.89. The highest BCUT2D eigenvalue weighted by atomic mass is 16.7. The molecule has 0 fully saturated rings. The molecule has 0 N–H and O–H groups in total. The summed E-state index contributed by atoms with van der Waals surface area (Å²) in [4.78, 5) is 30.9. The van der Waals surface area contributed by atoms with Gasteiger partial charge in [0.05, 0.1) is 25.6 Å². The first-order valence-corrected chi connectivity index (χ1v) is 5.06. The molecular formula is C10H14N2O5. The molecule has 0 aliphatic carbocycles. The van der Waals surface area contributed by atoms with Gasteiger partial charge in [-0.3, -0.25) is 4.79 Å². The summed E-state index contributed by atoms with van der Waals surface area (Å²) in [6.07, 6.45) is 4.25. The number of aromatic nitrogens is 2. The van der Waals surface area contributed by atoms with E-state index in [0.29, 0.717) is 6.61 Å². The third kappa shape index (κ3) is 5.67. The maximum absolute atomic E-state index is 11.2. The van der Waals surface area contributed by atoms with Crippen molar-refractivity contribution in [2.24, 2.45) is 0 Å². The first-order chi connectivity index (χ1) is 8.22. The number of ether oxygens (including phenoxy) is 2. The lowest BCUT2D eigenvalue weighted by atomic mass is 10.3. The third-order valence-corrected chi connectivity index (χ3v) is 1.77. The van der Waals surface area contributed by atoms with Crippen LogP contribution in [0.3, 0.4) is 0 Å². The highest BCUT2D eigenvalue weighted by Crippen LogP contribution is 1.95. The van der Waals surface area contributed by atoms with Gasteiger partial charge < -0.3 is 14.3 Å². The molecule has 0 radical (unpaired) electrons. The van der Waals surface area contributed by atoms with Gasteiger partial charge >= 0.3 is 11.9 Å². The normalized spacial score (nSPS) is 9.94. The summed E-state index contributed by atoms with van der Waals surface area (Å²) in [5.41, 5.74) is 0. The molecule has 0 spiro atoms. The predicted molar refractivity (Wildman–Crippen MR) is 55.9 cm³/mol. The van der Waals surface area contributed by atoms with E-state index in [1.807, 2.05) is 0 Å². The minimum Gasteiger partial charge on any atom is -0.463 e. The Morgan fingerprint density at radius 3 is 2.65 bits per heavy atom. The Labute approximate surface area is 98.2 Å². The second kappa shape index (κ2) is 7.39. The van der Waals surface area contributed by atoms with E-state index < -0.39 is 11.9 Å². The van der Waals surface area contributed by atoms with Crippen molar-refractivity contribution in [2.75, 3.05) is 20.3 Å². The van der Waals surface area contributed by atoms with Crippen LogP contribution in [0, 0.1) is 0 Å². The van der Waals surface area contributed by atoms with Crippen LogP contribution in [-0.4, -0.2) is 42.0 Å². The van der Waals surface area contributed by atoms with Crippen LogP contribution < -0.4 is 4.84 Å². The molecule has 7 nitrogen and oxygen atoms in total. The van der Waals surface area contributed by atoms with Crippen molar-refractivity contribution in [2.45, 2.75) is 12.8 Å². The van der Waals surface area contributed by atoms with Crippen molar-refractivity contribution in [3.63, 3.8) is 0 Å². The second-order valence-electron chi connectivity index (χ2n) is 3.10. The molecule has 94 valence electrons. The smallest absolute Gasteiger partial charge is 0.333 e. The number of carbonyl (C=O) groups excluding carboxylic acids is 2. The minimum absolute atomic E-state index is 0.0166. The summed E-state index contributed by atoms with van der Waals surface area (Å²) in [6, 6.07) is 0. The number of hydrogen-bond acceptors (Lipinski definition) is 6. The van der Waals surface area contributed by atoms with Gasteiger partial charge in [0.1, 0.15) is 12.9 Å². The molecule has 0 aliphatic heterocycles. The molecule has 1 aromatic heterocycles. The van der Waals surface area contributed by atoms with Gasteiger partial charge in [0.2, 0.25) is 0 Å².